The summed E-state index contributed by atoms with van der Waals surface area (Å²) < 4.78 is 11.7. The third-order valence-corrected chi connectivity index (χ3v) is 1.02. The zero-order chi connectivity index (χ0) is 6.69. The normalized spacial score (nSPS) is 9.00. The van der Waals surface area contributed by atoms with E-state index in [0.29, 0.717) is 13.0 Å². The molecule has 0 heterocycles. The molecule has 1 N–H and O–H groups in total. The molecule has 9 heavy (non-hydrogen) atoms. The van der Waals surface area contributed by atoms with Gasteiger partial charge in [-0.25, -0.2) is 0 Å². The van der Waals surface area contributed by atoms with Gasteiger partial charge in [0.1, 0.15) is 5.75 Å². The summed E-state index contributed by atoms with van der Waals surface area (Å²) in [7, 11) is 0.486. The van der Waals surface area contributed by atoms with Crippen LogP contribution in [-0.4, -0.2) is 12.7 Å². The first-order chi connectivity index (χ1) is 4.33. The van der Waals surface area contributed by atoms with Crippen LogP contribution in [0.5, 0.6) is 5.75 Å². The summed E-state index contributed by atoms with van der Waals surface area (Å²) in [5.41, 5.74) is 0.466. The van der Waals surface area contributed by atoms with E-state index in [1.54, 1.807) is 0 Å². The lowest BCUT2D eigenvalue weighted by molar-refractivity contribution is 0.475. The van der Waals surface area contributed by atoms with Gasteiger partial charge in [-0.15, -0.1) is 0 Å². The van der Waals surface area contributed by atoms with Crippen molar-refractivity contribution in [3.05, 3.63) is 24.3 Å². The third kappa shape index (κ3) is 1.45. The van der Waals surface area contributed by atoms with Crippen molar-refractivity contribution < 1.29 is 9.42 Å². The van der Waals surface area contributed by atoms with Crippen molar-refractivity contribution in [3.8, 4) is 5.75 Å². The Morgan fingerprint density at radius 3 is 2.22 bits per heavy atom. The van der Waals surface area contributed by atoms with Crippen LogP contribution in [0.1, 0.15) is 0 Å². The van der Waals surface area contributed by atoms with Crippen LogP contribution in [0.3, 0.4) is 0 Å². The Hall–Kier alpha value is -0.985. The number of hydrogen-bond acceptors (Lipinski definition) is 1. The van der Waals surface area contributed by atoms with Gasteiger partial charge in [-0.1, -0.05) is 12.1 Å². The molecular formula is C6H5BFO. The molecule has 1 nitrogen and oxygen atoms in total. The summed E-state index contributed by atoms with van der Waals surface area (Å²) in [6.45, 7) is 0. The fourth-order valence-corrected chi connectivity index (χ4v) is 0.547. The van der Waals surface area contributed by atoms with Gasteiger partial charge in [0.2, 0.25) is 0 Å². The van der Waals surface area contributed by atoms with Crippen molar-refractivity contribution in [2.75, 3.05) is 0 Å². The van der Waals surface area contributed by atoms with Gasteiger partial charge in [-0.2, -0.15) is 0 Å². The monoisotopic (exact) mass is 123 g/mol. The number of phenolic OH excluding ortho intramolecular Hbond substituents is 1. The molecule has 1 aromatic rings. The van der Waals surface area contributed by atoms with Crippen molar-refractivity contribution in [3.63, 3.8) is 0 Å². The van der Waals surface area contributed by atoms with Gasteiger partial charge >= 0.3 is 7.56 Å². The van der Waals surface area contributed by atoms with Crippen LogP contribution in [-0.2, 0) is 0 Å². The maximum absolute atomic E-state index is 11.7. The summed E-state index contributed by atoms with van der Waals surface area (Å²) in [5, 5.41) is 8.72. The molecule has 1 radical (unpaired) electrons. The SMILES string of the molecule is Oc1ccc([B]F)cc1. The molecule has 45 valence electrons. The zero-order valence-electron chi connectivity index (χ0n) is 4.71. The molecule has 0 atom stereocenters. The topological polar surface area (TPSA) is 20.2 Å². The highest BCUT2D eigenvalue weighted by molar-refractivity contribution is 6.46. The van der Waals surface area contributed by atoms with Gasteiger partial charge in [0, 0.05) is 0 Å². The van der Waals surface area contributed by atoms with Crippen molar-refractivity contribution >= 4 is 13.0 Å². The van der Waals surface area contributed by atoms with E-state index in [1.807, 2.05) is 0 Å². The minimum atomic E-state index is 0.153. The lowest BCUT2D eigenvalue weighted by Crippen LogP contribution is -2.06. The largest absolute Gasteiger partial charge is 0.508 e. The molecule has 1 aromatic carbocycles. The Bertz CT molecular complexity index is 185. The Balaban J connectivity index is 2.88. The number of rotatable bonds is 1. The molecule has 3 heteroatoms. The van der Waals surface area contributed by atoms with Crippen molar-refractivity contribution in [1.29, 1.82) is 0 Å². The molecule has 0 fully saturated rings. The van der Waals surface area contributed by atoms with Crippen LogP contribution < -0.4 is 5.46 Å². The first-order valence-corrected chi connectivity index (χ1v) is 2.55. The van der Waals surface area contributed by atoms with E-state index in [9.17, 15) is 4.32 Å². The maximum Gasteiger partial charge on any atom is 0.391 e. The van der Waals surface area contributed by atoms with Crippen LogP contribution in [0.4, 0.5) is 4.32 Å². The second-order valence-corrected chi connectivity index (χ2v) is 1.70. The van der Waals surface area contributed by atoms with Crippen LogP contribution >= 0.6 is 0 Å². The third-order valence-electron chi connectivity index (χ3n) is 1.02. The summed E-state index contributed by atoms with van der Waals surface area (Å²) in [4.78, 5) is 0. The van der Waals surface area contributed by atoms with Crippen molar-refractivity contribution in [2.45, 2.75) is 0 Å². The molecule has 0 bridgehead atoms. The number of phenols is 1. The predicted octanol–water partition coefficient (Wildman–Crippen LogP) is 0.606. The fourth-order valence-electron chi connectivity index (χ4n) is 0.547. The Morgan fingerprint density at radius 1 is 1.22 bits per heavy atom. The van der Waals surface area contributed by atoms with E-state index in [4.69, 9.17) is 5.11 Å². The number of aromatic hydroxyl groups is 1. The van der Waals surface area contributed by atoms with Crippen molar-refractivity contribution in [2.24, 2.45) is 0 Å². The summed E-state index contributed by atoms with van der Waals surface area (Å²) in [6.07, 6.45) is 0. The van der Waals surface area contributed by atoms with Gasteiger partial charge in [-0.3, -0.25) is 0 Å². The van der Waals surface area contributed by atoms with Gasteiger partial charge < -0.3 is 9.42 Å². The van der Waals surface area contributed by atoms with Crippen LogP contribution in [0.15, 0.2) is 24.3 Å². The van der Waals surface area contributed by atoms with Gasteiger partial charge in [0.25, 0.3) is 0 Å². The molecule has 1 rings (SSSR count). The van der Waals surface area contributed by atoms with E-state index in [-0.39, 0.29) is 5.75 Å². The molecule has 0 saturated carbocycles. The van der Waals surface area contributed by atoms with Crippen LogP contribution in [0.25, 0.3) is 0 Å². The Labute approximate surface area is 53.4 Å². The van der Waals surface area contributed by atoms with E-state index < -0.39 is 0 Å². The fraction of sp³-hybridized carbons (Fsp3) is 0. The zero-order valence-corrected chi connectivity index (χ0v) is 4.71. The molecule has 0 aliphatic carbocycles. The molecule has 0 spiro atoms. The lowest BCUT2D eigenvalue weighted by atomic mass is 9.92. The van der Waals surface area contributed by atoms with Crippen LogP contribution in [0.2, 0.25) is 0 Å². The smallest absolute Gasteiger partial charge is 0.391 e. The number of halogens is 1. The lowest BCUT2D eigenvalue weighted by Gasteiger charge is -1.90. The highest BCUT2D eigenvalue weighted by Gasteiger charge is 1.92. The summed E-state index contributed by atoms with van der Waals surface area (Å²) in [5.74, 6) is 0.153. The number of benzene rings is 1. The molecule has 0 unspecified atom stereocenters. The van der Waals surface area contributed by atoms with E-state index in [2.05, 4.69) is 0 Å². The summed E-state index contributed by atoms with van der Waals surface area (Å²) in [6, 6.07) is 5.86. The van der Waals surface area contributed by atoms with E-state index in [0.717, 1.165) is 0 Å². The van der Waals surface area contributed by atoms with E-state index in [1.165, 1.54) is 24.3 Å². The second kappa shape index (κ2) is 2.53. The van der Waals surface area contributed by atoms with Gasteiger partial charge in [0.15, 0.2) is 0 Å². The quantitative estimate of drug-likeness (QED) is 0.542. The summed E-state index contributed by atoms with van der Waals surface area (Å²) >= 11 is 0. The first kappa shape index (κ1) is 6.14. The highest BCUT2D eigenvalue weighted by atomic mass is 19.1. The highest BCUT2D eigenvalue weighted by Crippen LogP contribution is 2.02. The van der Waals surface area contributed by atoms with E-state index >= 15 is 0 Å². The average Bonchev–Trinajstić information content (AvgIpc) is 1.90. The molecule has 0 saturated heterocycles. The molecule has 0 aliphatic heterocycles. The predicted molar refractivity (Wildman–Crippen MR) is 34.6 cm³/mol. The second-order valence-electron chi connectivity index (χ2n) is 1.70. The van der Waals surface area contributed by atoms with Gasteiger partial charge in [0.05, 0.1) is 0 Å². The molecule has 0 amide bonds. The van der Waals surface area contributed by atoms with Gasteiger partial charge in [-0.05, 0) is 17.6 Å². The molecule has 0 aromatic heterocycles. The number of hydrogen-bond donors (Lipinski definition) is 1. The maximum atomic E-state index is 11.7. The van der Waals surface area contributed by atoms with Crippen molar-refractivity contribution in [1.82, 2.24) is 0 Å². The minimum absolute atomic E-state index is 0.153. The Morgan fingerprint density at radius 2 is 1.78 bits per heavy atom. The first-order valence-electron chi connectivity index (χ1n) is 2.55. The standard InChI is InChI=1S/C6H5BFO/c8-7-5-1-3-6(9)4-2-5/h1-4,9H. The Kier molecular flexibility index (Phi) is 1.73. The minimum Gasteiger partial charge on any atom is -0.508 e. The molecular weight excluding hydrogens is 118 g/mol. The molecule has 0 aliphatic rings. The van der Waals surface area contributed by atoms with Crippen LogP contribution in [0, 0.1) is 0 Å². The average molecular weight is 123 g/mol.